The summed E-state index contributed by atoms with van der Waals surface area (Å²) in [5, 5.41) is 9.96. The fourth-order valence-electron chi connectivity index (χ4n) is 3.38. The van der Waals surface area contributed by atoms with Crippen LogP contribution in [-0.2, 0) is 11.0 Å². The molecule has 1 aromatic heterocycles. The molecule has 7 nitrogen and oxygen atoms in total. The highest BCUT2D eigenvalue weighted by Gasteiger charge is 2.38. The molecule has 12 heteroatoms. The van der Waals surface area contributed by atoms with Crippen LogP contribution in [0.2, 0.25) is 5.02 Å². The van der Waals surface area contributed by atoms with Gasteiger partial charge in [0.25, 0.3) is 0 Å². The summed E-state index contributed by atoms with van der Waals surface area (Å²) in [4.78, 5) is 13.2. The zero-order chi connectivity index (χ0) is 23.8. The Hall–Kier alpha value is -2.92. The molecular formula is C21H19ClF3N5O2S. The molecule has 0 bridgehead atoms. The van der Waals surface area contributed by atoms with Crippen molar-refractivity contribution in [1.82, 2.24) is 14.9 Å². The van der Waals surface area contributed by atoms with Gasteiger partial charge in [-0.2, -0.15) is 13.2 Å². The molecule has 2 N–H and O–H groups in total. The molecule has 1 amide bonds. The number of carbonyl (C=O) groups is 1. The molecular weight excluding hydrogens is 479 g/mol. The lowest BCUT2D eigenvalue weighted by Gasteiger charge is -2.32. The summed E-state index contributed by atoms with van der Waals surface area (Å²) in [6.07, 6.45) is -4.64. The van der Waals surface area contributed by atoms with Crippen LogP contribution in [0, 0.1) is 6.92 Å². The minimum atomic E-state index is -4.64. The van der Waals surface area contributed by atoms with E-state index in [1.54, 1.807) is 23.7 Å². The highest BCUT2D eigenvalue weighted by atomic mass is 35.5. The maximum Gasteiger partial charge on any atom is 0.417 e. The Labute approximate surface area is 196 Å². The molecule has 0 saturated carbocycles. The summed E-state index contributed by atoms with van der Waals surface area (Å²) in [5.41, 5.74) is 3.00. The minimum Gasteiger partial charge on any atom is -0.494 e. The van der Waals surface area contributed by atoms with Gasteiger partial charge in [0.05, 0.1) is 23.2 Å². The summed E-state index contributed by atoms with van der Waals surface area (Å²) < 4.78 is 46.8. The fourth-order valence-corrected chi connectivity index (χ4v) is 4.73. The van der Waals surface area contributed by atoms with Gasteiger partial charge in [-0.05, 0) is 49.7 Å². The molecule has 1 aliphatic rings. The van der Waals surface area contributed by atoms with E-state index in [1.807, 2.05) is 19.1 Å². The van der Waals surface area contributed by atoms with E-state index in [4.69, 9.17) is 16.3 Å². The van der Waals surface area contributed by atoms with Crippen LogP contribution in [0.1, 0.15) is 29.9 Å². The van der Waals surface area contributed by atoms with Crippen LogP contribution in [0.3, 0.4) is 0 Å². The van der Waals surface area contributed by atoms with E-state index in [0.717, 1.165) is 17.7 Å². The van der Waals surface area contributed by atoms with E-state index in [-0.39, 0.29) is 5.69 Å². The third-order valence-electron chi connectivity index (χ3n) is 4.95. The van der Waals surface area contributed by atoms with Gasteiger partial charge in [0.15, 0.2) is 0 Å². The van der Waals surface area contributed by atoms with Crippen molar-refractivity contribution in [2.24, 2.45) is 0 Å². The molecule has 174 valence electrons. The van der Waals surface area contributed by atoms with Crippen LogP contribution in [0.15, 0.2) is 47.6 Å². The number of aryl methyl sites for hydroxylation is 1. The molecule has 0 fully saturated rings. The highest BCUT2D eigenvalue weighted by molar-refractivity contribution is 8.00. The number of rotatable bonds is 5. The summed E-state index contributed by atoms with van der Waals surface area (Å²) in [6, 6.07) is 10.00. The number of anilines is 1. The summed E-state index contributed by atoms with van der Waals surface area (Å²) in [5.74, 6) is 0.807. The van der Waals surface area contributed by atoms with Crippen LogP contribution in [-0.4, -0.2) is 32.6 Å². The smallest absolute Gasteiger partial charge is 0.417 e. The zero-order valence-electron chi connectivity index (χ0n) is 17.5. The number of benzene rings is 2. The predicted octanol–water partition coefficient (Wildman–Crippen LogP) is 5.06. The van der Waals surface area contributed by atoms with Gasteiger partial charge < -0.3 is 15.5 Å². The van der Waals surface area contributed by atoms with Crippen molar-refractivity contribution in [1.29, 1.82) is 0 Å². The summed E-state index contributed by atoms with van der Waals surface area (Å²) in [6.45, 7) is 4.17. The molecule has 2 aromatic carbocycles. The number of halogens is 4. The SMILES string of the molecule is CCOc1ccc(C2Nn3c(C)nnc3SC2C(=O)Nc2ccc(Cl)c(C(F)(F)F)c2)cc1. The number of fused-ring (bicyclic) bond motifs is 1. The first-order chi connectivity index (χ1) is 15.7. The standard InChI is InChI=1S/C21H19ClF3N5O2S/c1-3-32-14-7-4-12(5-8-14)17-18(33-20-28-27-11(2)30(20)29-17)19(31)26-13-6-9-16(22)15(10-13)21(23,24)25/h4-10,17-18,29H,3H2,1-2H3,(H,26,31). The second-order valence-corrected chi connectivity index (χ2v) is 8.71. The van der Waals surface area contributed by atoms with Crippen molar-refractivity contribution in [3.05, 3.63) is 64.4 Å². The lowest BCUT2D eigenvalue weighted by atomic mass is 10.0. The molecule has 2 heterocycles. The van der Waals surface area contributed by atoms with Crippen LogP contribution in [0.5, 0.6) is 5.75 Å². The molecule has 0 aliphatic carbocycles. The van der Waals surface area contributed by atoms with Gasteiger partial charge in [0.1, 0.15) is 16.8 Å². The Bertz CT molecular complexity index is 1170. The second kappa shape index (κ2) is 9.14. The van der Waals surface area contributed by atoms with Gasteiger partial charge in [0.2, 0.25) is 11.1 Å². The van der Waals surface area contributed by atoms with E-state index in [2.05, 4.69) is 20.9 Å². The number of thioether (sulfide) groups is 1. The number of amides is 1. The number of carbonyl (C=O) groups excluding carboxylic acids is 1. The lowest BCUT2D eigenvalue weighted by molar-refractivity contribution is -0.137. The first-order valence-electron chi connectivity index (χ1n) is 9.93. The number of aromatic nitrogens is 3. The molecule has 0 saturated heterocycles. The molecule has 33 heavy (non-hydrogen) atoms. The average Bonchev–Trinajstić information content (AvgIpc) is 3.14. The first kappa shape index (κ1) is 23.2. The van der Waals surface area contributed by atoms with Crippen LogP contribution in [0.25, 0.3) is 0 Å². The van der Waals surface area contributed by atoms with E-state index in [9.17, 15) is 18.0 Å². The third kappa shape index (κ3) is 4.88. The average molecular weight is 498 g/mol. The van der Waals surface area contributed by atoms with Gasteiger partial charge in [-0.3, -0.25) is 4.79 Å². The Balaban J connectivity index is 1.64. The topological polar surface area (TPSA) is 81.1 Å². The minimum absolute atomic E-state index is 0.00834. The van der Waals surface area contributed by atoms with Crippen LogP contribution >= 0.6 is 23.4 Å². The van der Waals surface area contributed by atoms with Gasteiger partial charge in [0, 0.05) is 5.69 Å². The zero-order valence-corrected chi connectivity index (χ0v) is 19.1. The molecule has 2 atom stereocenters. The van der Waals surface area contributed by atoms with Crippen molar-refractivity contribution in [3.8, 4) is 5.75 Å². The Kier molecular flexibility index (Phi) is 6.44. The highest BCUT2D eigenvalue weighted by Crippen LogP contribution is 2.39. The van der Waals surface area contributed by atoms with E-state index < -0.39 is 34.0 Å². The van der Waals surface area contributed by atoms with E-state index >= 15 is 0 Å². The number of nitrogens with zero attached hydrogens (tertiary/aromatic N) is 3. The number of hydrogen-bond acceptors (Lipinski definition) is 6. The van der Waals surface area contributed by atoms with Gasteiger partial charge in [-0.15, -0.1) is 10.2 Å². The fraction of sp³-hybridized carbons (Fsp3) is 0.286. The van der Waals surface area contributed by atoms with Crippen LogP contribution < -0.4 is 15.5 Å². The Morgan fingerprint density at radius 3 is 2.64 bits per heavy atom. The number of nitrogens with one attached hydrogen (secondary N) is 2. The lowest BCUT2D eigenvalue weighted by Crippen LogP contribution is -2.41. The van der Waals surface area contributed by atoms with Crippen molar-refractivity contribution < 1.29 is 22.7 Å². The molecule has 0 spiro atoms. The van der Waals surface area contributed by atoms with Crippen molar-refractivity contribution >= 4 is 35.0 Å². The maximum atomic E-state index is 13.2. The predicted molar refractivity (Wildman–Crippen MR) is 119 cm³/mol. The van der Waals surface area contributed by atoms with Crippen molar-refractivity contribution in [2.75, 3.05) is 17.3 Å². The van der Waals surface area contributed by atoms with E-state index in [1.165, 1.54) is 17.8 Å². The van der Waals surface area contributed by atoms with Crippen molar-refractivity contribution in [2.45, 2.75) is 36.5 Å². The number of hydrogen-bond donors (Lipinski definition) is 2. The molecule has 3 aromatic rings. The van der Waals surface area contributed by atoms with Gasteiger partial charge >= 0.3 is 6.18 Å². The molecule has 4 rings (SSSR count). The monoisotopic (exact) mass is 497 g/mol. The second-order valence-electron chi connectivity index (χ2n) is 7.19. The van der Waals surface area contributed by atoms with Crippen LogP contribution in [0.4, 0.5) is 18.9 Å². The van der Waals surface area contributed by atoms with Crippen molar-refractivity contribution in [3.63, 3.8) is 0 Å². The Morgan fingerprint density at radius 1 is 1.24 bits per heavy atom. The number of alkyl halides is 3. The van der Waals surface area contributed by atoms with Gasteiger partial charge in [-0.25, -0.2) is 4.68 Å². The maximum absolute atomic E-state index is 13.2. The normalized spacial score (nSPS) is 17.8. The molecule has 0 radical (unpaired) electrons. The molecule has 2 unspecified atom stereocenters. The van der Waals surface area contributed by atoms with Gasteiger partial charge in [-0.1, -0.05) is 35.5 Å². The third-order valence-corrected chi connectivity index (χ3v) is 6.49. The quantitative estimate of drug-likeness (QED) is 0.513. The molecule has 1 aliphatic heterocycles. The first-order valence-corrected chi connectivity index (χ1v) is 11.2. The Morgan fingerprint density at radius 2 is 1.97 bits per heavy atom. The van der Waals surface area contributed by atoms with E-state index in [0.29, 0.717) is 23.3 Å². The largest absolute Gasteiger partial charge is 0.494 e. The summed E-state index contributed by atoms with van der Waals surface area (Å²) in [7, 11) is 0. The summed E-state index contributed by atoms with van der Waals surface area (Å²) >= 11 is 6.86. The number of ether oxygens (including phenoxy) is 1.